The Morgan fingerprint density at radius 2 is 1.77 bits per heavy atom. The third kappa shape index (κ3) is 3.20. The number of rotatable bonds is 4. The first-order valence-electron chi connectivity index (χ1n) is 8.84. The molecule has 0 aliphatic carbocycles. The summed E-state index contributed by atoms with van der Waals surface area (Å²) in [5, 5.41) is 0. The average Bonchev–Trinajstić information content (AvgIpc) is 2.96. The van der Waals surface area contributed by atoms with E-state index in [1.165, 1.54) is 15.8 Å². The summed E-state index contributed by atoms with van der Waals surface area (Å²) in [6.07, 6.45) is 0. The maximum absolute atomic E-state index is 11.6. The predicted molar refractivity (Wildman–Crippen MR) is 102 cm³/mol. The van der Waals surface area contributed by atoms with E-state index >= 15 is 0 Å². The average molecular weight is 353 g/mol. The van der Waals surface area contributed by atoms with Gasteiger partial charge in [-0.3, -0.25) is 9.47 Å². The van der Waals surface area contributed by atoms with Gasteiger partial charge < -0.3 is 14.1 Å². The number of nitrogens with zero attached hydrogens (tertiary/aromatic N) is 3. The van der Waals surface area contributed by atoms with Gasteiger partial charge in [-0.1, -0.05) is 6.07 Å². The van der Waals surface area contributed by atoms with E-state index in [0.717, 1.165) is 44.0 Å². The molecule has 3 aromatic rings. The Labute approximate surface area is 152 Å². The number of aryl methyl sites for hydroxylation is 1. The number of ether oxygens (including phenoxy) is 1. The van der Waals surface area contributed by atoms with Crippen LogP contribution in [-0.2, 0) is 13.6 Å². The Morgan fingerprint density at radius 1 is 1.04 bits per heavy atom. The molecular formula is C20H23N3O3. The van der Waals surface area contributed by atoms with Gasteiger partial charge in [-0.05, 0) is 42.0 Å². The molecule has 1 aromatic heterocycles. The van der Waals surface area contributed by atoms with E-state index in [0.29, 0.717) is 5.58 Å². The zero-order valence-electron chi connectivity index (χ0n) is 15.1. The summed E-state index contributed by atoms with van der Waals surface area (Å²) < 4.78 is 12.1. The Bertz CT molecular complexity index is 951. The fraction of sp³-hybridized carbons (Fsp3) is 0.350. The van der Waals surface area contributed by atoms with Gasteiger partial charge in [0.25, 0.3) is 0 Å². The summed E-state index contributed by atoms with van der Waals surface area (Å²) in [6, 6.07) is 14.2. The Morgan fingerprint density at radius 3 is 2.46 bits per heavy atom. The minimum Gasteiger partial charge on any atom is -0.497 e. The van der Waals surface area contributed by atoms with Crippen molar-refractivity contribution in [2.45, 2.75) is 6.54 Å². The Balaban J connectivity index is 1.39. The molecule has 2 aromatic carbocycles. The van der Waals surface area contributed by atoms with Gasteiger partial charge >= 0.3 is 5.76 Å². The molecule has 6 heteroatoms. The Hall–Kier alpha value is -2.73. The van der Waals surface area contributed by atoms with Crippen molar-refractivity contribution in [3.8, 4) is 5.75 Å². The minimum atomic E-state index is -0.315. The minimum absolute atomic E-state index is 0.315. The van der Waals surface area contributed by atoms with Crippen molar-refractivity contribution < 1.29 is 9.15 Å². The largest absolute Gasteiger partial charge is 0.497 e. The van der Waals surface area contributed by atoms with E-state index in [9.17, 15) is 4.79 Å². The van der Waals surface area contributed by atoms with Gasteiger partial charge in [0.2, 0.25) is 0 Å². The highest BCUT2D eigenvalue weighted by molar-refractivity contribution is 5.73. The molecule has 1 aliphatic rings. The number of anilines is 1. The van der Waals surface area contributed by atoms with E-state index in [1.54, 1.807) is 14.2 Å². The number of benzene rings is 2. The molecule has 1 aliphatic heterocycles. The topological polar surface area (TPSA) is 50.9 Å². The summed E-state index contributed by atoms with van der Waals surface area (Å²) in [5.41, 5.74) is 3.90. The summed E-state index contributed by atoms with van der Waals surface area (Å²) >= 11 is 0. The van der Waals surface area contributed by atoms with Gasteiger partial charge in [0.15, 0.2) is 5.58 Å². The van der Waals surface area contributed by atoms with Crippen LogP contribution in [0, 0.1) is 0 Å². The SMILES string of the molecule is COc1ccc(N2CCN(Cc3ccc4c(c3)oc(=O)n4C)CC2)cc1. The second-order valence-corrected chi connectivity index (χ2v) is 6.69. The van der Waals surface area contributed by atoms with Gasteiger partial charge in [-0.15, -0.1) is 0 Å². The van der Waals surface area contributed by atoms with Crippen LogP contribution in [0.4, 0.5) is 5.69 Å². The van der Waals surface area contributed by atoms with Crippen molar-refractivity contribution in [3.63, 3.8) is 0 Å². The summed E-state index contributed by atoms with van der Waals surface area (Å²) in [4.78, 5) is 16.5. The van der Waals surface area contributed by atoms with Crippen LogP contribution in [0.3, 0.4) is 0 Å². The van der Waals surface area contributed by atoms with Gasteiger partial charge in [0, 0.05) is 45.5 Å². The van der Waals surface area contributed by atoms with Gasteiger partial charge in [0.1, 0.15) is 5.75 Å². The molecule has 0 unspecified atom stereocenters. The third-order valence-corrected chi connectivity index (χ3v) is 5.07. The lowest BCUT2D eigenvalue weighted by Gasteiger charge is -2.36. The van der Waals surface area contributed by atoms with E-state index in [1.807, 2.05) is 24.3 Å². The monoisotopic (exact) mass is 353 g/mol. The highest BCUT2D eigenvalue weighted by Crippen LogP contribution is 2.21. The van der Waals surface area contributed by atoms with Crippen LogP contribution in [-0.4, -0.2) is 42.8 Å². The van der Waals surface area contributed by atoms with Crippen molar-refractivity contribution in [2.24, 2.45) is 7.05 Å². The highest BCUT2D eigenvalue weighted by Gasteiger charge is 2.18. The van der Waals surface area contributed by atoms with Crippen LogP contribution in [0.2, 0.25) is 0 Å². The smallest absolute Gasteiger partial charge is 0.419 e. The molecule has 136 valence electrons. The van der Waals surface area contributed by atoms with E-state index in [2.05, 4.69) is 28.0 Å². The lowest BCUT2D eigenvalue weighted by molar-refractivity contribution is 0.250. The molecule has 0 radical (unpaired) electrons. The van der Waals surface area contributed by atoms with Gasteiger partial charge in [0.05, 0.1) is 12.6 Å². The molecule has 1 fully saturated rings. The highest BCUT2D eigenvalue weighted by atomic mass is 16.5. The molecule has 4 rings (SSSR count). The van der Waals surface area contributed by atoms with Crippen molar-refractivity contribution in [1.82, 2.24) is 9.47 Å². The van der Waals surface area contributed by atoms with Crippen LogP contribution in [0.5, 0.6) is 5.75 Å². The fourth-order valence-corrected chi connectivity index (χ4v) is 3.49. The number of hydrogen-bond acceptors (Lipinski definition) is 5. The number of aromatic nitrogens is 1. The van der Waals surface area contributed by atoms with Crippen LogP contribution in [0.15, 0.2) is 51.7 Å². The molecule has 6 nitrogen and oxygen atoms in total. The molecule has 2 heterocycles. The number of methoxy groups -OCH3 is 1. The number of oxazole rings is 1. The predicted octanol–water partition coefficient (Wildman–Crippen LogP) is 2.46. The van der Waals surface area contributed by atoms with Crippen molar-refractivity contribution in [1.29, 1.82) is 0 Å². The Kier molecular flexibility index (Phi) is 4.42. The second kappa shape index (κ2) is 6.88. The van der Waals surface area contributed by atoms with E-state index in [4.69, 9.17) is 9.15 Å². The third-order valence-electron chi connectivity index (χ3n) is 5.07. The fourth-order valence-electron chi connectivity index (χ4n) is 3.49. The molecule has 26 heavy (non-hydrogen) atoms. The first-order valence-corrected chi connectivity index (χ1v) is 8.84. The van der Waals surface area contributed by atoms with Crippen LogP contribution in [0.25, 0.3) is 11.1 Å². The first kappa shape index (κ1) is 16.7. The van der Waals surface area contributed by atoms with E-state index < -0.39 is 0 Å². The zero-order valence-corrected chi connectivity index (χ0v) is 15.1. The lowest BCUT2D eigenvalue weighted by atomic mass is 10.1. The molecule has 0 atom stereocenters. The summed E-state index contributed by atoms with van der Waals surface area (Å²) in [5.74, 6) is 0.570. The summed E-state index contributed by atoms with van der Waals surface area (Å²) in [6.45, 7) is 4.86. The summed E-state index contributed by atoms with van der Waals surface area (Å²) in [7, 11) is 3.41. The normalized spacial score (nSPS) is 15.5. The van der Waals surface area contributed by atoms with Crippen LogP contribution < -0.4 is 15.4 Å². The van der Waals surface area contributed by atoms with Crippen molar-refractivity contribution in [2.75, 3.05) is 38.2 Å². The van der Waals surface area contributed by atoms with Gasteiger partial charge in [-0.2, -0.15) is 0 Å². The first-order chi connectivity index (χ1) is 12.6. The number of fused-ring (bicyclic) bond motifs is 1. The molecule has 0 N–H and O–H groups in total. The molecule has 0 bridgehead atoms. The lowest BCUT2D eigenvalue weighted by Crippen LogP contribution is -2.45. The molecule has 0 amide bonds. The maximum atomic E-state index is 11.6. The standard InChI is InChI=1S/C20H23N3O3/c1-21-18-8-3-15(13-19(18)26-20(21)24)14-22-9-11-23(12-10-22)16-4-6-17(25-2)7-5-16/h3-8,13H,9-12,14H2,1-2H3. The second-order valence-electron chi connectivity index (χ2n) is 6.69. The molecule has 0 saturated carbocycles. The zero-order chi connectivity index (χ0) is 18.1. The number of piperazine rings is 1. The van der Waals surface area contributed by atoms with Gasteiger partial charge in [-0.25, -0.2) is 4.79 Å². The molecule has 0 spiro atoms. The molecular weight excluding hydrogens is 330 g/mol. The van der Waals surface area contributed by atoms with Crippen LogP contribution in [0.1, 0.15) is 5.56 Å². The molecule has 1 saturated heterocycles. The number of hydrogen-bond donors (Lipinski definition) is 0. The van der Waals surface area contributed by atoms with E-state index in [-0.39, 0.29) is 5.76 Å². The quantitative estimate of drug-likeness (QED) is 0.721. The van der Waals surface area contributed by atoms with Crippen molar-refractivity contribution in [3.05, 3.63) is 58.6 Å². The van der Waals surface area contributed by atoms with Crippen LogP contribution >= 0.6 is 0 Å². The van der Waals surface area contributed by atoms with Crippen molar-refractivity contribution >= 4 is 16.8 Å². The maximum Gasteiger partial charge on any atom is 0.419 e.